The maximum Gasteiger partial charge on any atom is 0.337 e. The first-order valence-electron chi connectivity index (χ1n) is 14.0. The van der Waals surface area contributed by atoms with Crippen LogP contribution in [0.15, 0.2) is 97.2 Å². The van der Waals surface area contributed by atoms with Crippen LogP contribution in [0.25, 0.3) is 22.4 Å². The third-order valence-corrected chi connectivity index (χ3v) is 9.09. The zero-order valence-corrected chi connectivity index (χ0v) is 26.6. The summed E-state index contributed by atoms with van der Waals surface area (Å²) in [6.45, 7) is 2.37. The van der Waals surface area contributed by atoms with E-state index in [1.807, 2.05) is 73.8 Å². The topological polar surface area (TPSA) is 90.3 Å². The van der Waals surface area contributed by atoms with Crippen LogP contribution in [0.1, 0.15) is 40.7 Å². The first-order valence-corrected chi connectivity index (χ1v) is 16.4. The minimum Gasteiger partial charge on any atom is -0.465 e. The molecule has 0 saturated carbocycles. The molecule has 0 radical (unpaired) electrons. The first kappa shape index (κ1) is 31.3. The van der Waals surface area contributed by atoms with E-state index in [0.29, 0.717) is 40.7 Å². The summed E-state index contributed by atoms with van der Waals surface area (Å²) in [6, 6.07) is 28.1. The Kier molecular flexibility index (Phi) is 9.74. The number of nitrogens with one attached hydrogen (secondary N) is 1. The monoisotopic (exact) mass is 647 g/mol. The Labute approximate surface area is 267 Å². The molecule has 0 aliphatic carbocycles. The van der Waals surface area contributed by atoms with E-state index in [1.54, 1.807) is 30.3 Å². The number of methoxy groups -OCH3 is 1. The Morgan fingerprint density at radius 2 is 1.64 bits per heavy atom. The van der Waals surface area contributed by atoms with Crippen LogP contribution in [0.3, 0.4) is 0 Å². The molecule has 0 saturated heterocycles. The zero-order chi connectivity index (χ0) is 31.3. The Bertz CT molecular complexity index is 1890. The van der Waals surface area contributed by atoms with Crippen molar-refractivity contribution in [2.75, 3.05) is 17.6 Å². The molecular weight excluding hydrogens is 617 g/mol. The van der Waals surface area contributed by atoms with Gasteiger partial charge in [0.25, 0.3) is 0 Å². The van der Waals surface area contributed by atoms with E-state index >= 15 is 0 Å². The smallest absolute Gasteiger partial charge is 0.337 e. The molecule has 0 bridgehead atoms. The summed E-state index contributed by atoms with van der Waals surface area (Å²) in [5, 5.41) is 1.06. The highest BCUT2D eigenvalue weighted by molar-refractivity contribution is 7.92. The Balaban J connectivity index is 1.41. The van der Waals surface area contributed by atoms with Crippen molar-refractivity contribution < 1.29 is 17.9 Å². The van der Waals surface area contributed by atoms with Gasteiger partial charge in [-0.05, 0) is 71.1 Å². The van der Waals surface area contributed by atoms with Crippen LogP contribution in [0, 0.1) is 0 Å². The van der Waals surface area contributed by atoms with Gasteiger partial charge in [-0.2, -0.15) is 0 Å². The zero-order valence-electron chi connectivity index (χ0n) is 24.3. The van der Waals surface area contributed by atoms with Crippen LogP contribution in [0.2, 0.25) is 10.0 Å². The molecule has 7 nitrogen and oxygen atoms in total. The molecule has 0 aliphatic rings. The summed E-state index contributed by atoms with van der Waals surface area (Å²) < 4.78 is 34.0. The lowest BCUT2D eigenvalue weighted by Crippen LogP contribution is -2.15. The van der Waals surface area contributed by atoms with E-state index in [9.17, 15) is 13.2 Å². The molecule has 0 fully saturated rings. The van der Waals surface area contributed by atoms with Crippen molar-refractivity contribution in [3.63, 3.8) is 0 Å². The van der Waals surface area contributed by atoms with Crippen LogP contribution in [0.4, 0.5) is 5.69 Å². The van der Waals surface area contributed by atoms with Crippen LogP contribution in [-0.4, -0.2) is 36.8 Å². The normalized spacial score (nSPS) is 11.4. The molecule has 5 rings (SSSR count). The third-order valence-electron chi connectivity index (χ3n) is 7.05. The predicted molar refractivity (Wildman–Crippen MR) is 177 cm³/mol. The van der Waals surface area contributed by atoms with E-state index < -0.39 is 10.0 Å². The summed E-state index contributed by atoms with van der Waals surface area (Å²) in [5.74, 6) is 0.530. The molecule has 0 spiro atoms. The standard InChI is InChI=1S/C34H31Cl2N3O4S/c1-3-17-44(41,42)38-29-6-4-5-27(19-29)25-11-7-23(8-12-25)18-33-37-32(30-16-15-28(35)20-31(30)36)22-39(33)21-24-9-13-26(14-10-24)34(40)43-2/h4-16,19-20,22,38H,3,17-18,21H2,1-2H3. The van der Waals surface area contributed by atoms with E-state index in [0.717, 1.165) is 39.3 Å². The molecule has 0 unspecified atom stereocenters. The molecule has 5 aromatic rings. The number of esters is 1. The highest BCUT2D eigenvalue weighted by Crippen LogP contribution is 2.31. The Morgan fingerprint density at radius 1 is 0.909 bits per heavy atom. The number of rotatable bonds is 11. The summed E-state index contributed by atoms with van der Waals surface area (Å²) in [5.41, 5.74) is 6.45. The van der Waals surface area contributed by atoms with Gasteiger partial charge in [-0.3, -0.25) is 4.72 Å². The largest absolute Gasteiger partial charge is 0.465 e. The summed E-state index contributed by atoms with van der Waals surface area (Å²) >= 11 is 12.7. The van der Waals surface area contributed by atoms with Crippen LogP contribution >= 0.6 is 23.2 Å². The Hall–Kier alpha value is -4.11. The number of anilines is 1. The van der Waals surface area contributed by atoms with Gasteiger partial charge in [0.05, 0.1) is 29.1 Å². The highest BCUT2D eigenvalue weighted by atomic mass is 35.5. The van der Waals surface area contributed by atoms with E-state index in [4.69, 9.17) is 32.9 Å². The second-order valence-electron chi connectivity index (χ2n) is 10.4. The quantitative estimate of drug-likeness (QED) is 0.146. The van der Waals surface area contributed by atoms with Crippen molar-refractivity contribution in [3.05, 3.63) is 130 Å². The van der Waals surface area contributed by atoms with Crippen LogP contribution in [0.5, 0.6) is 0 Å². The third kappa shape index (κ3) is 7.69. The molecule has 44 heavy (non-hydrogen) atoms. The second-order valence-corrected chi connectivity index (χ2v) is 13.0. The van der Waals surface area contributed by atoms with E-state index in [2.05, 4.69) is 9.29 Å². The molecule has 4 aromatic carbocycles. The van der Waals surface area contributed by atoms with Gasteiger partial charge in [0.2, 0.25) is 10.0 Å². The fourth-order valence-corrected chi connectivity index (χ4v) is 6.51. The number of aromatic nitrogens is 2. The maximum atomic E-state index is 12.2. The molecular formula is C34H31Cl2N3O4S. The molecule has 0 aliphatic heterocycles. The van der Waals surface area contributed by atoms with Gasteiger partial charge in [-0.25, -0.2) is 18.2 Å². The van der Waals surface area contributed by atoms with Gasteiger partial charge in [0, 0.05) is 35.4 Å². The highest BCUT2D eigenvalue weighted by Gasteiger charge is 2.15. The number of imidazole rings is 1. The van der Waals surface area contributed by atoms with Crippen LogP contribution < -0.4 is 4.72 Å². The van der Waals surface area contributed by atoms with Gasteiger partial charge in [-0.15, -0.1) is 0 Å². The molecule has 1 N–H and O–H groups in total. The summed E-state index contributed by atoms with van der Waals surface area (Å²) in [7, 11) is -2.02. The number of carbonyl (C=O) groups excluding carboxylic acids is 1. The maximum absolute atomic E-state index is 12.2. The summed E-state index contributed by atoms with van der Waals surface area (Å²) in [6.07, 6.45) is 3.07. The molecule has 0 amide bonds. The molecule has 226 valence electrons. The van der Waals surface area contributed by atoms with Gasteiger partial charge in [0.1, 0.15) is 5.82 Å². The number of sulfonamides is 1. The number of halogens is 2. The van der Waals surface area contributed by atoms with Crippen molar-refractivity contribution in [1.82, 2.24) is 9.55 Å². The fraction of sp³-hybridized carbons (Fsp3) is 0.176. The lowest BCUT2D eigenvalue weighted by atomic mass is 10.0. The molecule has 1 heterocycles. The van der Waals surface area contributed by atoms with Gasteiger partial charge in [-0.1, -0.05) is 78.7 Å². The lowest BCUT2D eigenvalue weighted by Gasteiger charge is -2.11. The summed E-state index contributed by atoms with van der Waals surface area (Å²) in [4.78, 5) is 16.8. The molecule has 1 aromatic heterocycles. The molecule has 0 atom stereocenters. The van der Waals surface area contributed by atoms with Crippen molar-refractivity contribution in [3.8, 4) is 22.4 Å². The Morgan fingerprint density at radius 3 is 2.32 bits per heavy atom. The van der Waals surface area contributed by atoms with Crippen molar-refractivity contribution in [2.24, 2.45) is 0 Å². The second kappa shape index (κ2) is 13.7. The minimum absolute atomic E-state index is 0.0758. The number of benzene rings is 4. The minimum atomic E-state index is -3.38. The number of ether oxygens (including phenoxy) is 1. The number of carbonyl (C=O) groups is 1. The van der Waals surface area contributed by atoms with Gasteiger partial charge >= 0.3 is 5.97 Å². The van der Waals surface area contributed by atoms with Crippen molar-refractivity contribution >= 4 is 44.9 Å². The van der Waals surface area contributed by atoms with E-state index in [-0.39, 0.29) is 11.7 Å². The lowest BCUT2D eigenvalue weighted by molar-refractivity contribution is 0.0600. The van der Waals surface area contributed by atoms with Crippen molar-refractivity contribution in [1.29, 1.82) is 0 Å². The number of hydrogen-bond donors (Lipinski definition) is 1. The molecule has 10 heteroatoms. The number of nitrogens with zero attached hydrogens (tertiary/aromatic N) is 2. The van der Waals surface area contributed by atoms with Crippen molar-refractivity contribution in [2.45, 2.75) is 26.3 Å². The average molecular weight is 649 g/mol. The van der Waals surface area contributed by atoms with E-state index in [1.165, 1.54) is 7.11 Å². The first-order chi connectivity index (χ1) is 21.1. The predicted octanol–water partition coefficient (Wildman–Crippen LogP) is 8.10. The van der Waals surface area contributed by atoms with Gasteiger partial charge < -0.3 is 9.30 Å². The van der Waals surface area contributed by atoms with Crippen LogP contribution in [-0.2, 0) is 27.7 Å². The van der Waals surface area contributed by atoms with Gasteiger partial charge in [0.15, 0.2) is 0 Å². The average Bonchev–Trinajstić information content (AvgIpc) is 3.38. The SMILES string of the molecule is CCCS(=O)(=O)Nc1cccc(-c2ccc(Cc3nc(-c4ccc(Cl)cc4Cl)cn3Cc3ccc(C(=O)OC)cc3)cc2)c1. The number of hydrogen-bond acceptors (Lipinski definition) is 5. The fourth-order valence-electron chi connectivity index (χ4n) is 4.88.